The fraction of sp³-hybridized carbons (Fsp3) is 0.846. The van der Waals surface area contributed by atoms with Crippen LogP contribution in [-0.2, 0) is 9.59 Å². The highest BCUT2D eigenvalue weighted by molar-refractivity contribution is 5.84. The third kappa shape index (κ3) is 2.61. The van der Waals surface area contributed by atoms with Crippen molar-refractivity contribution in [2.45, 2.75) is 44.6 Å². The first-order valence-corrected chi connectivity index (χ1v) is 6.81. The first-order valence-electron chi connectivity index (χ1n) is 6.81. The molecule has 0 spiro atoms. The largest absolute Gasteiger partial charge is 0.355 e. The molecule has 2 amide bonds. The van der Waals surface area contributed by atoms with Gasteiger partial charge in [-0.3, -0.25) is 9.59 Å². The van der Waals surface area contributed by atoms with Crippen molar-refractivity contribution in [1.82, 2.24) is 10.2 Å². The summed E-state index contributed by atoms with van der Waals surface area (Å²) in [5.74, 6) is 1.18. The second-order valence-corrected chi connectivity index (χ2v) is 5.70. The summed E-state index contributed by atoms with van der Waals surface area (Å²) in [5, 5.41) is 2.81. The van der Waals surface area contributed by atoms with Crippen molar-refractivity contribution in [2.75, 3.05) is 13.1 Å². The molecule has 4 heteroatoms. The minimum absolute atomic E-state index is 0.0343. The second kappa shape index (κ2) is 4.31. The minimum atomic E-state index is 0.0343. The fourth-order valence-electron chi connectivity index (χ4n) is 2.56. The van der Waals surface area contributed by atoms with E-state index in [4.69, 9.17) is 0 Å². The second-order valence-electron chi connectivity index (χ2n) is 5.70. The van der Waals surface area contributed by atoms with Crippen LogP contribution in [0.1, 0.15) is 38.5 Å². The Morgan fingerprint density at radius 3 is 2.53 bits per heavy atom. The number of amides is 2. The molecule has 0 bridgehead atoms. The zero-order valence-corrected chi connectivity index (χ0v) is 10.2. The van der Waals surface area contributed by atoms with Gasteiger partial charge in [-0.05, 0) is 38.0 Å². The molecule has 1 heterocycles. The van der Waals surface area contributed by atoms with Gasteiger partial charge >= 0.3 is 0 Å². The standard InChI is InChI=1S/C13H20N2O2/c16-12-6-3-10(7-14-12)13(17)15(11-4-5-11)8-9-1-2-9/h9-11H,1-8H2,(H,14,16). The molecule has 2 aliphatic carbocycles. The first-order chi connectivity index (χ1) is 8.24. The van der Waals surface area contributed by atoms with Crippen molar-refractivity contribution >= 4 is 11.8 Å². The van der Waals surface area contributed by atoms with E-state index in [9.17, 15) is 9.59 Å². The van der Waals surface area contributed by atoms with Crippen molar-refractivity contribution in [2.24, 2.45) is 11.8 Å². The number of carbonyl (C=O) groups is 2. The molecule has 1 aliphatic heterocycles. The maximum atomic E-state index is 12.4. The summed E-state index contributed by atoms with van der Waals surface area (Å²) in [6, 6.07) is 0.515. The van der Waals surface area contributed by atoms with Gasteiger partial charge in [0.15, 0.2) is 0 Å². The van der Waals surface area contributed by atoms with Gasteiger partial charge in [0.05, 0.1) is 5.92 Å². The molecule has 3 fully saturated rings. The Kier molecular flexibility index (Phi) is 2.81. The number of hydrogen-bond acceptors (Lipinski definition) is 2. The van der Waals surface area contributed by atoms with Gasteiger partial charge in [-0.1, -0.05) is 0 Å². The smallest absolute Gasteiger partial charge is 0.227 e. The van der Waals surface area contributed by atoms with Gasteiger partial charge in [-0.2, -0.15) is 0 Å². The fourth-order valence-corrected chi connectivity index (χ4v) is 2.56. The van der Waals surface area contributed by atoms with Gasteiger partial charge in [-0.15, -0.1) is 0 Å². The number of rotatable bonds is 4. The Morgan fingerprint density at radius 1 is 1.24 bits per heavy atom. The Hall–Kier alpha value is -1.06. The van der Waals surface area contributed by atoms with Crippen molar-refractivity contribution in [3.63, 3.8) is 0 Å². The van der Waals surface area contributed by atoms with Crippen LogP contribution in [0.15, 0.2) is 0 Å². The van der Waals surface area contributed by atoms with Gasteiger partial charge < -0.3 is 10.2 Å². The van der Waals surface area contributed by atoms with Crippen molar-refractivity contribution in [1.29, 1.82) is 0 Å². The van der Waals surface area contributed by atoms with E-state index in [1.807, 2.05) is 0 Å². The highest BCUT2D eigenvalue weighted by Gasteiger charge is 2.39. The Labute approximate surface area is 102 Å². The number of hydrogen-bond donors (Lipinski definition) is 1. The van der Waals surface area contributed by atoms with E-state index < -0.39 is 0 Å². The minimum Gasteiger partial charge on any atom is -0.355 e. The van der Waals surface area contributed by atoms with Crippen molar-refractivity contribution in [3.05, 3.63) is 0 Å². The van der Waals surface area contributed by atoms with Crippen LogP contribution in [0.25, 0.3) is 0 Å². The molecule has 0 aromatic carbocycles. The van der Waals surface area contributed by atoms with E-state index in [1.54, 1.807) is 0 Å². The Bertz CT molecular complexity index is 324. The molecule has 3 aliphatic rings. The summed E-state index contributed by atoms with van der Waals surface area (Å²) in [4.78, 5) is 25.6. The van der Waals surface area contributed by atoms with Gasteiger partial charge in [0.25, 0.3) is 0 Å². The summed E-state index contributed by atoms with van der Waals surface area (Å²) in [6.45, 7) is 1.51. The summed E-state index contributed by atoms with van der Waals surface area (Å²) in [6.07, 6.45) is 6.18. The lowest BCUT2D eigenvalue weighted by Crippen LogP contribution is -2.46. The van der Waals surface area contributed by atoms with E-state index >= 15 is 0 Å². The molecule has 0 aromatic rings. The Morgan fingerprint density at radius 2 is 2.00 bits per heavy atom. The summed E-state index contributed by atoms with van der Waals surface area (Å²) in [5.41, 5.74) is 0. The highest BCUT2D eigenvalue weighted by atomic mass is 16.2. The third-order valence-corrected chi connectivity index (χ3v) is 4.04. The van der Waals surface area contributed by atoms with Crippen molar-refractivity contribution in [3.8, 4) is 0 Å². The normalized spacial score (nSPS) is 28.7. The third-order valence-electron chi connectivity index (χ3n) is 4.04. The highest BCUT2D eigenvalue weighted by Crippen LogP contribution is 2.36. The van der Waals surface area contributed by atoms with Crippen LogP contribution in [0, 0.1) is 11.8 Å². The number of nitrogens with zero attached hydrogens (tertiary/aromatic N) is 1. The zero-order chi connectivity index (χ0) is 11.8. The van der Waals surface area contributed by atoms with E-state index in [0.29, 0.717) is 24.9 Å². The SMILES string of the molecule is O=C1CCC(C(=O)N(CC2CC2)C2CC2)CN1. The maximum absolute atomic E-state index is 12.4. The molecule has 0 aromatic heterocycles. The van der Waals surface area contributed by atoms with E-state index in [-0.39, 0.29) is 11.8 Å². The summed E-state index contributed by atoms with van der Waals surface area (Å²) in [7, 11) is 0. The van der Waals surface area contributed by atoms with Crippen LogP contribution in [-0.4, -0.2) is 35.8 Å². The molecule has 1 N–H and O–H groups in total. The lowest BCUT2D eigenvalue weighted by Gasteiger charge is -2.29. The van der Waals surface area contributed by atoms with Crippen LogP contribution in [0.2, 0.25) is 0 Å². The van der Waals surface area contributed by atoms with Gasteiger partial charge in [0.2, 0.25) is 11.8 Å². The van der Waals surface area contributed by atoms with Crippen LogP contribution >= 0.6 is 0 Å². The molecule has 94 valence electrons. The summed E-state index contributed by atoms with van der Waals surface area (Å²) >= 11 is 0. The van der Waals surface area contributed by atoms with E-state index in [2.05, 4.69) is 10.2 Å². The molecule has 0 radical (unpaired) electrons. The number of carbonyl (C=O) groups excluding carboxylic acids is 2. The predicted octanol–water partition coefficient (Wildman–Crippen LogP) is 0.914. The first kappa shape index (κ1) is 11.1. The van der Waals surface area contributed by atoms with Gasteiger partial charge in [-0.25, -0.2) is 0 Å². The maximum Gasteiger partial charge on any atom is 0.227 e. The summed E-state index contributed by atoms with van der Waals surface area (Å²) < 4.78 is 0. The molecule has 4 nitrogen and oxygen atoms in total. The van der Waals surface area contributed by atoms with Crippen molar-refractivity contribution < 1.29 is 9.59 Å². The lowest BCUT2D eigenvalue weighted by atomic mass is 9.97. The van der Waals surface area contributed by atoms with Gasteiger partial charge in [0.1, 0.15) is 0 Å². The van der Waals surface area contributed by atoms with Crippen LogP contribution < -0.4 is 5.32 Å². The zero-order valence-electron chi connectivity index (χ0n) is 10.2. The molecule has 2 saturated carbocycles. The van der Waals surface area contributed by atoms with E-state index in [1.165, 1.54) is 25.7 Å². The Balaban J connectivity index is 1.59. The number of piperidine rings is 1. The quantitative estimate of drug-likeness (QED) is 0.789. The lowest BCUT2D eigenvalue weighted by molar-refractivity contribution is -0.138. The topological polar surface area (TPSA) is 49.4 Å². The molecule has 1 saturated heterocycles. The molecular formula is C13H20N2O2. The van der Waals surface area contributed by atoms with Gasteiger partial charge in [0, 0.05) is 25.6 Å². The predicted molar refractivity (Wildman–Crippen MR) is 63.2 cm³/mol. The van der Waals surface area contributed by atoms with E-state index in [0.717, 1.165) is 18.9 Å². The molecule has 17 heavy (non-hydrogen) atoms. The molecule has 1 unspecified atom stereocenters. The molecule has 1 atom stereocenters. The average Bonchev–Trinajstić information content (AvgIpc) is 3.18. The molecular weight excluding hydrogens is 216 g/mol. The van der Waals surface area contributed by atoms with Crippen LogP contribution in [0.4, 0.5) is 0 Å². The average molecular weight is 236 g/mol. The number of nitrogens with one attached hydrogen (secondary N) is 1. The van der Waals surface area contributed by atoms with Crippen LogP contribution in [0.3, 0.4) is 0 Å². The van der Waals surface area contributed by atoms with Crippen LogP contribution in [0.5, 0.6) is 0 Å². The molecule has 3 rings (SSSR count). The monoisotopic (exact) mass is 236 g/mol.